The van der Waals surface area contributed by atoms with Gasteiger partial charge < -0.3 is 20.5 Å². The van der Waals surface area contributed by atoms with E-state index in [4.69, 9.17) is 9.84 Å². The standard InChI is InChI=1S/C16H26N2O3/c1-11(2)15(13-5-7-14(21-4)8-6-13)18-16(20)17-12(3)9-10-19/h5-8,11-12,15,19H,9-10H2,1-4H3,(H2,17,18,20)/t12-,15?/m1/s1. The van der Waals surface area contributed by atoms with Gasteiger partial charge in [0.25, 0.3) is 0 Å². The number of urea groups is 1. The van der Waals surface area contributed by atoms with Gasteiger partial charge in [0.2, 0.25) is 0 Å². The molecule has 0 aromatic heterocycles. The fraction of sp³-hybridized carbons (Fsp3) is 0.562. The van der Waals surface area contributed by atoms with E-state index in [0.29, 0.717) is 6.42 Å². The number of hydrogen-bond acceptors (Lipinski definition) is 3. The van der Waals surface area contributed by atoms with Crippen molar-refractivity contribution in [3.63, 3.8) is 0 Å². The second-order valence-electron chi connectivity index (χ2n) is 5.53. The molecule has 1 aromatic rings. The average Bonchev–Trinajstić information content (AvgIpc) is 2.45. The van der Waals surface area contributed by atoms with Crippen LogP contribution in [0.15, 0.2) is 24.3 Å². The third-order valence-electron chi connectivity index (χ3n) is 3.37. The van der Waals surface area contributed by atoms with Gasteiger partial charge in [-0.1, -0.05) is 26.0 Å². The molecule has 0 aliphatic carbocycles. The maximum Gasteiger partial charge on any atom is 0.315 e. The highest BCUT2D eigenvalue weighted by Gasteiger charge is 2.19. The van der Waals surface area contributed by atoms with Gasteiger partial charge in [-0.05, 0) is 37.0 Å². The van der Waals surface area contributed by atoms with Gasteiger partial charge in [-0.25, -0.2) is 4.79 Å². The van der Waals surface area contributed by atoms with Crippen molar-refractivity contribution in [2.24, 2.45) is 5.92 Å². The number of methoxy groups -OCH3 is 1. The van der Waals surface area contributed by atoms with Crippen LogP contribution in [0.2, 0.25) is 0 Å². The van der Waals surface area contributed by atoms with E-state index in [0.717, 1.165) is 11.3 Å². The first kappa shape index (κ1) is 17.3. The zero-order chi connectivity index (χ0) is 15.8. The molecule has 0 spiro atoms. The van der Waals surface area contributed by atoms with Crippen LogP contribution in [0.1, 0.15) is 38.8 Å². The number of rotatable bonds is 7. The van der Waals surface area contributed by atoms with Gasteiger partial charge in [-0.3, -0.25) is 0 Å². The number of ether oxygens (including phenoxy) is 1. The zero-order valence-corrected chi connectivity index (χ0v) is 13.2. The van der Waals surface area contributed by atoms with Gasteiger partial charge in [0.1, 0.15) is 5.75 Å². The van der Waals surface area contributed by atoms with Crippen LogP contribution in [0, 0.1) is 5.92 Å². The first-order chi connectivity index (χ1) is 9.97. The summed E-state index contributed by atoms with van der Waals surface area (Å²) in [5.74, 6) is 1.06. The molecular weight excluding hydrogens is 268 g/mol. The van der Waals surface area contributed by atoms with Gasteiger partial charge >= 0.3 is 6.03 Å². The van der Waals surface area contributed by atoms with Crippen molar-refractivity contribution >= 4 is 6.03 Å². The van der Waals surface area contributed by atoms with Gasteiger partial charge in [-0.2, -0.15) is 0 Å². The van der Waals surface area contributed by atoms with Crippen molar-refractivity contribution in [3.05, 3.63) is 29.8 Å². The number of aliphatic hydroxyl groups excluding tert-OH is 1. The van der Waals surface area contributed by atoms with E-state index in [9.17, 15) is 4.79 Å². The Balaban J connectivity index is 2.70. The largest absolute Gasteiger partial charge is 0.497 e. The summed E-state index contributed by atoms with van der Waals surface area (Å²) in [6.07, 6.45) is 0.544. The van der Waals surface area contributed by atoms with Crippen LogP contribution in [-0.4, -0.2) is 30.9 Å². The molecular formula is C16H26N2O3. The Morgan fingerprint density at radius 3 is 2.29 bits per heavy atom. The van der Waals surface area contributed by atoms with Crippen molar-refractivity contribution in [2.75, 3.05) is 13.7 Å². The van der Waals surface area contributed by atoms with Crippen LogP contribution in [0.3, 0.4) is 0 Å². The molecule has 1 unspecified atom stereocenters. The fourth-order valence-electron chi connectivity index (χ4n) is 2.12. The van der Waals surface area contributed by atoms with Gasteiger partial charge in [0.05, 0.1) is 13.2 Å². The van der Waals surface area contributed by atoms with Gasteiger partial charge in [0, 0.05) is 12.6 Å². The molecule has 0 saturated carbocycles. The molecule has 2 amide bonds. The lowest BCUT2D eigenvalue weighted by Crippen LogP contribution is -2.43. The van der Waals surface area contributed by atoms with Crippen molar-refractivity contribution in [1.29, 1.82) is 0 Å². The van der Waals surface area contributed by atoms with Crippen LogP contribution >= 0.6 is 0 Å². The van der Waals surface area contributed by atoms with Crippen LogP contribution in [0.5, 0.6) is 5.75 Å². The summed E-state index contributed by atoms with van der Waals surface area (Å²) in [6.45, 7) is 6.06. The number of nitrogens with one attached hydrogen (secondary N) is 2. The van der Waals surface area contributed by atoms with Crippen LogP contribution in [0.4, 0.5) is 4.79 Å². The molecule has 118 valence electrons. The molecule has 1 rings (SSSR count). The van der Waals surface area contributed by atoms with Crippen molar-refractivity contribution in [1.82, 2.24) is 10.6 Å². The number of aliphatic hydroxyl groups is 1. The number of amides is 2. The van der Waals surface area contributed by atoms with E-state index in [1.807, 2.05) is 31.2 Å². The summed E-state index contributed by atoms with van der Waals surface area (Å²) >= 11 is 0. The predicted molar refractivity (Wildman–Crippen MR) is 83.4 cm³/mol. The minimum atomic E-state index is -0.217. The summed E-state index contributed by atoms with van der Waals surface area (Å²) < 4.78 is 5.15. The van der Waals surface area contributed by atoms with Crippen molar-refractivity contribution < 1.29 is 14.6 Å². The molecule has 5 nitrogen and oxygen atoms in total. The quantitative estimate of drug-likeness (QED) is 0.723. The molecule has 0 aliphatic heterocycles. The molecule has 1 aromatic carbocycles. The minimum absolute atomic E-state index is 0.0568. The van der Waals surface area contributed by atoms with Gasteiger partial charge in [-0.15, -0.1) is 0 Å². The Morgan fingerprint density at radius 2 is 1.81 bits per heavy atom. The topological polar surface area (TPSA) is 70.6 Å². The predicted octanol–water partition coefficient (Wildman–Crippen LogP) is 2.46. The Labute approximate surface area is 126 Å². The highest BCUT2D eigenvalue weighted by Crippen LogP contribution is 2.23. The number of carbonyl (C=O) groups is 1. The number of benzene rings is 1. The molecule has 0 saturated heterocycles. The number of carbonyl (C=O) groups excluding carboxylic acids is 1. The Morgan fingerprint density at radius 1 is 1.19 bits per heavy atom. The molecule has 5 heteroatoms. The monoisotopic (exact) mass is 294 g/mol. The lowest BCUT2D eigenvalue weighted by atomic mass is 9.96. The fourth-order valence-corrected chi connectivity index (χ4v) is 2.12. The number of hydrogen-bond donors (Lipinski definition) is 3. The van der Waals surface area contributed by atoms with E-state index < -0.39 is 0 Å². The van der Waals surface area contributed by atoms with Crippen molar-refractivity contribution in [2.45, 2.75) is 39.3 Å². The molecule has 0 bridgehead atoms. The van der Waals surface area contributed by atoms with E-state index in [1.165, 1.54) is 0 Å². The molecule has 0 heterocycles. The smallest absolute Gasteiger partial charge is 0.315 e. The van der Waals surface area contributed by atoms with Crippen LogP contribution < -0.4 is 15.4 Å². The minimum Gasteiger partial charge on any atom is -0.497 e. The maximum absolute atomic E-state index is 12.0. The van der Waals surface area contributed by atoms with E-state index in [1.54, 1.807) is 7.11 Å². The average molecular weight is 294 g/mol. The lowest BCUT2D eigenvalue weighted by Gasteiger charge is -2.24. The molecule has 3 N–H and O–H groups in total. The summed E-state index contributed by atoms with van der Waals surface area (Å²) in [5.41, 5.74) is 1.04. The summed E-state index contributed by atoms with van der Waals surface area (Å²) in [6, 6.07) is 7.35. The Bertz CT molecular complexity index is 432. The van der Waals surface area contributed by atoms with E-state index >= 15 is 0 Å². The van der Waals surface area contributed by atoms with Gasteiger partial charge in [0.15, 0.2) is 0 Å². The SMILES string of the molecule is COc1ccc(C(NC(=O)N[C@H](C)CCO)C(C)C)cc1. The third-order valence-corrected chi connectivity index (χ3v) is 3.37. The molecule has 0 fully saturated rings. The van der Waals surface area contributed by atoms with E-state index in [-0.39, 0.29) is 30.6 Å². The first-order valence-electron chi connectivity index (χ1n) is 7.29. The highest BCUT2D eigenvalue weighted by atomic mass is 16.5. The maximum atomic E-state index is 12.0. The summed E-state index contributed by atoms with van der Waals surface area (Å²) in [5, 5.41) is 14.7. The van der Waals surface area contributed by atoms with Crippen LogP contribution in [-0.2, 0) is 0 Å². The molecule has 2 atom stereocenters. The first-order valence-corrected chi connectivity index (χ1v) is 7.29. The molecule has 0 aliphatic rings. The molecule has 0 radical (unpaired) electrons. The lowest BCUT2D eigenvalue weighted by molar-refractivity contribution is 0.224. The Hall–Kier alpha value is -1.75. The third kappa shape index (κ3) is 5.63. The second-order valence-corrected chi connectivity index (χ2v) is 5.53. The highest BCUT2D eigenvalue weighted by molar-refractivity contribution is 5.74. The van der Waals surface area contributed by atoms with E-state index in [2.05, 4.69) is 24.5 Å². The second kappa shape index (κ2) is 8.52. The Kier molecular flexibility index (Phi) is 7.02. The zero-order valence-electron chi connectivity index (χ0n) is 13.2. The van der Waals surface area contributed by atoms with Crippen molar-refractivity contribution in [3.8, 4) is 5.75 Å². The molecule has 21 heavy (non-hydrogen) atoms. The van der Waals surface area contributed by atoms with Crippen LogP contribution in [0.25, 0.3) is 0 Å². The summed E-state index contributed by atoms with van der Waals surface area (Å²) in [4.78, 5) is 12.0. The summed E-state index contributed by atoms with van der Waals surface area (Å²) in [7, 11) is 1.63. The normalized spacial score (nSPS) is 13.6.